The molecule has 25 heavy (non-hydrogen) atoms. The van der Waals surface area contributed by atoms with E-state index in [9.17, 15) is 14.4 Å². The quantitative estimate of drug-likeness (QED) is 0.783. The first-order chi connectivity index (χ1) is 12.1. The van der Waals surface area contributed by atoms with Crippen LogP contribution >= 0.6 is 0 Å². The molecule has 0 radical (unpaired) electrons. The Balaban J connectivity index is 1.65. The van der Waals surface area contributed by atoms with Crippen molar-refractivity contribution < 1.29 is 14.3 Å². The Bertz CT molecular complexity index is 840. The largest absolute Gasteiger partial charge is 0.451 e. The number of rotatable bonds is 4. The number of nitrogens with zero attached hydrogens (tertiary/aromatic N) is 3. The van der Waals surface area contributed by atoms with E-state index in [1.807, 2.05) is 0 Å². The minimum atomic E-state index is -0.852. The fourth-order valence-electron chi connectivity index (χ4n) is 3.01. The zero-order valence-electron chi connectivity index (χ0n) is 14.2. The molecule has 0 N–H and O–H groups in total. The van der Waals surface area contributed by atoms with Gasteiger partial charge in [-0.15, -0.1) is 0 Å². The monoisotopic (exact) mass is 343 g/mol. The van der Waals surface area contributed by atoms with E-state index in [1.165, 1.54) is 10.9 Å². The number of likely N-dealkylation sites (tertiary alicyclic amines) is 1. The van der Waals surface area contributed by atoms with Gasteiger partial charge in [0.15, 0.2) is 6.10 Å². The second-order valence-electron chi connectivity index (χ2n) is 6.21. The van der Waals surface area contributed by atoms with Crippen LogP contribution in [0.2, 0.25) is 0 Å². The van der Waals surface area contributed by atoms with Crippen molar-refractivity contribution in [1.29, 1.82) is 0 Å². The highest BCUT2D eigenvalue weighted by molar-refractivity contribution is 5.83. The van der Waals surface area contributed by atoms with Gasteiger partial charge in [0.2, 0.25) is 0 Å². The number of hydrogen-bond acceptors (Lipinski definition) is 5. The third kappa shape index (κ3) is 3.87. The summed E-state index contributed by atoms with van der Waals surface area (Å²) in [5, 5.41) is 0.440. The zero-order chi connectivity index (χ0) is 17.8. The summed E-state index contributed by atoms with van der Waals surface area (Å²) < 4.78 is 6.42. The van der Waals surface area contributed by atoms with Gasteiger partial charge in [-0.05, 0) is 38.3 Å². The molecule has 0 aliphatic carbocycles. The Morgan fingerprint density at radius 3 is 2.68 bits per heavy atom. The van der Waals surface area contributed by atoms with Crippen LogP contribution in [0, 0.1) is 0 Å². The van der Waals surface area contributed by atoms with Crippen molar-refractivity contribution in [1.82, 2.24) is 14.5 Å². The molecule has 7 heteroatoms. The normalized spacial score (nSPS) is 15.8. The number of piperidine rings is 1. The highest BCUT2D eigenvalue weighted by atomic mass is 16.5. The summed E-state index contributed by atoms with van der Waals surface area (Å²) in [6.45, 7) is 2.70. The SMILES string of the molecule is C[C@@H](OC(=O)Cn1cnc2ccccc2c1=O)C(=O)N1CCCCC1. The fraction of sp³-hybridized carbons (Fsp3) is 0.444. The molecule has 1 aliphatic heterocycles. The molecule has 1 amide bonds. The van der Waals surface area contributed by atoms with E-state index >= 15 is 0 Å². The maximum atomic E-state index is 12.4. The average molecular weight is 343 g/mol. The van der Waals surface area contributed by atoms with Crippen LogP contribution in [-0.4, -0.2) is 45.5 Å². The van der Waals surface area contributed by atoms with Crippen molar-refractivity contribution in [2.45, 2.75) is 38.8 Å². The first kappa shape index (κ1) is 17.1. The molecular formula is C18H21N3O4. The predicted octanol–water partition coefficient (Wildman–Crippen LogP) is 1.34. The second kappa shape index (κ2) is 7.46. The lowest BCUT2D eigenvalue weighted by atomic mass is 10.1. The number of fused-ring (bicyclic) bond motifs is 1. The number of ether oxygens (including phenoxy) is 1. The summed E-state index contributed by atoms with van der Waals surface area (Å²) in [5.74, 6) is -0.811. The molecule has 132 valence electrons. The van der Waals surface area contributed by atoms with Gasteiger partial charge in [0, 0.05) is 13.1 Å². The van der Waals surface area contributed by atoms with Crippen molar-refractivity contribution in [3.63, 3.8) is 0 Å². The van der Waals surface area contributed by atoms with Crippen molar-refractivity contribution in [2.24, 2.45) is 0 Å². The summed E-state index contributed by atoms with van der Waals surface area (Å²) in [4.78, 5) is 42.7. The highest BCUT2D eigenvalue weighted by Crippen LogP contribution is 2.11. The van der Waals surface area contributed by atoms with Crippen LogP contribution in [0.25, 0.3) is 10.9 Å². The van der Waals surface area contributed by atoms with Gasteiger partial charge in [-0.1, -0.05) is 12.1 Å². The third-order valence-electron chi connectivity index (χ3n) is 4.35. The molecule has 0 unspecified atom stereocenters. The maximum absolute atomic E-state index is 12.4. The van der Waals surface area contributed by atoms with E-state index < -0.39 is 12.1 Å². The Hall–Kier alpha value is -2.70. The molecule has 1 fully saturated rings. The molecule has 1 saturated heterocycles. The van der Waals surface area contributed by atoms with Crippen LogP contribution in [0.3, 0.4) is 0 Å². The summed E-state index contributed by atoms with van der Waals surface area (Å²) in [6.07, 6.45) is 3.54. The van der Waals surface area contributed by atoms with E-state index in [2.05, 4.69) is 4.98 Å². The zero-order valence-corrected chi connectivity index (χ0v) is 14.2. The molecule has 2 heterocycles. The van der Waals surface area contributed by atoms with Crippen molar-refractivity contribution in [3.8, 4) is 0 Å². The van der Waals surface area contributed by atoms with Crippen LogP contribution in [0.1, 0.15) is 26.2 Å². The number of benzene rings is 1. The minimum absolute atomic E-state index is 0.183. The Labute approximate surface area is 145 Å². The molecule has 3 rings (SSSR count). The lowest BCUT2D eigenvalue weighted by Crippen LogP contribution is -2.43. The Morgan fingerprint density at radius 2 is 1.92 bits per heavy atom. The van der Waals surface area contributed by atoms with Crippen LogP contribution in [-0.2, 0) is 20.9 Å². The topological polar surface area (TPSA) is 81.5 Å². The minimum Gasteiger partial charge on any atom is -0.451 e. The van der Waals surface area contributed by atoms with E-state index in [1.54, 1.807) is 36.1 Å². The summed E-state index contributed by atoms with van der Waals surface area (Å²) in [5.41, 5.74) is 0.267. The maximum Gasteiger partial charge on any atom is 0.326 e. The standard InChI is InChI=1S/C18H21N3O4/c1-13(17(23)20-9-5-2-6-10-20)25-16(22)11-21-12-19-15-8-4-3-7-14(15)18(21)24/h3-4,7-8,12-13H,2,5-6,9-11H2,1H3/t13-/m1/s1. The molecule has 0 bridgehead atoms. The van der Waals surface area contributed by atoms with Crippen molar-refractivity contribution in [3.05, 3.63) is 40.9 Å². The van der Waals surface area contributed by atoms with Gasteiger partial charge in [0.1, 0.15) is 6.54 Å². The van der Waals surface area contributed by atoms with E-state index in [0.29, 0.717) is 24.0 Å². The van der Waals surface area contributed by atoms with Crippen LogP contribution in [0.15, 0.2) is 35.4 Å². The van der Waals surface area contributed by atoms with E-state index in [-0.39, 0.29) is 18.0 Å². The third-order valence-corrected chi connectivity index (χ3v) is 4.35. The molecule has 0 saturated carbocycles. The lowest BCUT2D eigenvalue weighted by molar-refractivity contribution is -0.160. The Kier molecular flexibility index (Phi) is 5.11. The van der Waals surface area contributed by atoms with Gasteiger partial charge in [-0.3, -0.25) is 19.0 Å². The van der Waals surface area contributed by atoms with Gasteiger partial charge in [0.05, 0.1) is 17.2 Å². The van der Waals surface area contributed by atoms with Gasteiger partial charge in [-0.25, -0.2) is 4.98 Å². The van der Waals surface area contributed by atoms with Gasteiger partial charge >= 0.3 is 5.97 Å². The smallest absolute Gasteiger partial charge is 0.326 e. The number of esters is 1. The number of para-hydroxylation sites is 1. The summed E-state index contributed by atoms with van der Waals surface area (Å²) in [7, 11) is 0. The summed E-state index contributed by atoms with van der Waals surface area (Å²) in [6, 6.07) is 6.93. The number of carbonyl (C=O) groups excluding carboxylic acids is 2. The fourth-order valence-corrected chi connectivity index (χ4v) is 3.01. The van der Waals surface area contributed by atoms with E-state index in [4.69, 9.17) is 4.74 Å². The number of hydrogen-bond donors (Lipinski definition) is 0. The van der Waals surface area contributed by atoms with Crippen LogP contribution in [0.5, 0.6) is 0 Å². The van der Waals surface area contributed by atoms with Gasteiger partial charge in [0.25, 0.3) is 11.5 Å². The van der Waals surface area contributed by atoms with Crippen molar-refractivity contribution in [2.75, 3.05) is 13.1 Å². The number of carbonyl (C=O) groups is 2. The van der Waals surface area contributed by atoms with Crippen LogP contribution in [0.4, 0.5) is 0 Å². The van der Waals surface area contributed by atoms with Gasteiger partial charge in [-0.2, -0.15) is 0 Å². The number of amides is 1. The van der Waals surface area contributed by atoms with Gasteiger partial charge < -0.3 is 9.64 Å². The first-order valence-electron chi connectivity index (χ1n) is 8.49. The molecule has 2 aromatic rings. The molecule has 1 aromatic carbocycles. The van der Waals surface area contributed by atoms with E-state index in [0.717, 1.165) is 19.3 Å². The first-order valence-corrected chi connectivity index (χ1v) is 8.49. The van der Waals surface area contributed by atoms with Crippen molar-refractivity contribution >= 4 is 22.8 Å². The molecular weight excluding hydrogens is 322 g/mol. The average Bonchev–Trinajstić information content (AvgIpc) is 2.64. The summed E-state index contributed by atoms with van der Waals surface area (Å²) >= 11 is 0. The lowest BCUT2D eigenvalue weighted by Gasteiger charge is -2.28. The molecule has 1 aromatic heterocycles. The number of aromatic nitrogens is 2. The van der Waals surface area contributed by atoms with Crippen LogP contribution < -0.4 is 5.56 Å². The molecule has 0 spiro atoms. The molecule has 7 nitrogen and oxygen atoms in total. The Morgan fingerprint density at radius 1 is 1.20 bits per heavy atom. The highest BCUT2D eigenvalue weighted by Gasteiger charge is 2.25. The predicted molar refractivity (Wildman–Crippen MR) is 92.0 cm³/mol. The molecule has 1 atom stereocenters. The second-order valence-corrected chi connectivity index (χ2v) is 6.21. The molecule has 1 aliphatic rings.